The summed E-state index contributed by atoms with van der Waals surface area (Å²) >= 11 is 0. The number of aromatic nitrogens is 1. The van der Waals surface area contributed by atoms with E-state index in [1.807, 2.05) is 25.3 Å². The zero-order chi connectivity index (χ0) is 19.4. The van der Waals surface area contributed by atoms with Crippen LogP contribution in [0.4, 0.5) is 0 Å². The summed E-state index contributed by atoms with van der Waals surface area (Å²) in [6, 6.07) is 25.5. The van der Waals surface area contributed by atoms with Crippen LogP contribution >= 0.6 is 0 Å². The molecule has 1 N–H and O–H groups in total. The van der Waals surface area contributed by atoms with Crippen LogP contribution in [-0.4, -0.2) is 34.6 Å². The lowest BCUT2D eigenvalue weighted by Crippen LogP contribution is -2.44. The largest absolute Gasteiger partial charge is 0.383 e. The molecule has 1 fully saturated rings. The molecule has 0 spiro atoms. The van der Waals surface area contributed by atoms with E-state index < -0.39 is 5.60 Å². The number of hydrogen-bond acceptors (Lipinski definition) is 3. The Morgan fingerprint density at radius 2 is 1.46 bits per heavy atom. The highest BCUT2D eigenvalue weighted by Crippen LogP contribution is 2.33. The average molecular weight is 373 g/mol. The minimum atomic E-state index is -0.806. The van der Waals surface area contributed by atoms with Gasteiger partial charge in [0.25, 0.3) is 0 Å². The Balaban J connectivity index is 1.48. The fraction of sp³-hybridized carbons (Fsp3) is 0.320. The molecule has 1 saturated heterocycles. The van der Waals surface area contributed by atoms with E-state index in [1.165, 1.54) is 11.1 Å². The van der Waals surface area contributed by atoms with E-state index >= 15 is 0 Å². The van der Waals surface area contributed by atoms with Crippen molar-refractivity contribution in [2.24, 2.45) is 0 Å². The molecule has 28 heavy (non-hydrogen) atoms. The molecule has 3 nitrogen and oxygen atoms in total. The van der Waals surface area contributed by atoms with Gasteiger partial charge in [-0.2, -0.15) is 0 Å². The molecule has 0 aliphatic carbocycles. The number of aryl methyl sites for hydroxylation is 1. The van der Waals surface area contributed by atoms with Gasteiger partial charge in [-0.15, -0.1) is 0 Å². The summed E-state index contributed by atoms with van der Waals surface area (Å²) in [5.74, 6) is 0.339. The first-order valence-electron chi connectivity index (χ1n) is 10.1. The van der Waals surface area contributed by atoms with E-state index in [2.05, 4.69) is 70.5 Å². The van der Waals surface area contributed by atoms with E-state index in [0.29, 0.717) is 5.92 Å². The molecular weight excluding hydrogens is 344 g/mol. The lowest BCUT2D eigenvalue weighted by Gasteiger charge is -2.39. The predicted molar refractivity (Wildman–Crippen MR) is 113 cm³/mol. The Morgan fingerprint density at radius 3 is 1.96 bits per heavy atom. The van der Waals surface area contributed by atoms with Crippen molar-refractivity contribution in [1.82, 2.24) is 9.88 Å². The molecule has 0 saturated carbocycles. The summed E-state index contributed by atoms with van der Waals surface area (Å²) in [5, 5.41) is 11.1. The summed E-state index contributed by atoms with van der Waals surface area (Å²) in [6.07, 6.45) is 3.29. The lowest BCUT2D eigenvalue weighted by atomic mass is 9.85. The highest BCUT2D eigenvalue weighted by Gasteiger charge is 2.35. The SMILES string of the molecule is Cc1ccc(C2(O)CCN(CC(c3ccccc3)c3ccccc3)CC2)nc1. The Labute approximate surface area is 167 Å². The standard InChI is InChI=1S/C25H28N2O/c1-20-12-13-24(26-18-20)25(28)14-16-27(17-15-25)19-23(21-8-4-2-5-9-21)22-10-6-3-7-11-22/h2-13,18,23,28H,14-17,19H2,1H3. The number of nitrogens with zero attached hydrogens (tertiary/aromatic N) is 2. The van der Waals surface area contributed by atoms with E-state index in [0.717, 1.165) is 43.7 Å². The molecule has 0 unspecified atom stereocenters. The molecule has 0 bridgehead atoms. The minimum absolute atomic E-state index is 0.339. The Bertz CT molecular complexity index is 830. The van der Waals surface area contributed by atoms with Gasteiger partial charge in [0.15, 0.2) is 0 Å². The molecule has 0 radical (unpaired) electrons. The Hall–Kier alpha value is -2.49. The van der Waals surface area contributed by atoms with Gasteiger partial charge in [0.05, 0.1) is 5.69 Å². The maximum atomic E-state index is 11.1. The second-order valence-corrected chi connectivity index (χ2v) is 7.93. The van der Waals surface area contributed by atoms with Gasteiger partial charge in [-0.05, 0) is 42.5 Å². The van der Waals surface area contributed by atoms with Crippen LogP contribution in [0.3, 0.4) is 0 Å². The van der Waals surface area contributed by atoms with E-state index in [-0.39, 0.29) is 0 Å². The molecule has 1 aromatic heterocycles. The van der Waals surface area contributed by atoms with Gasteiger partial charge in [0.1, 0.15) is 5.60 Å². The zero-order valence-corrected chi connectivity index (χ0v) is 16.5. The first-order valence-corrected chi connectivity index (χ1v) is 10.1. The molecule has 1 aliphatic rings. The van der Waals surface area contributed by atoms with E-state index in [9.17, 15) is 5.11 Å². The second-order valence-electron chi connectivity index (χ2n) is 7.93. The smallest absolute Gasteiger partial charge is 0.109 e. The lowest BCUT2D eigenvalue weighted by molar-refractivity contribution is -0.0297. The van der Waals surface area contributed by atoms with Gasteiger partial charge >= 0.3 is 0 Å². The molecule has 3 aromatic rings. The summed E-state index contributed by atoms with van der Waals surface area (Å²) < 4.78 is 0. The minimum Gasteiger partial charge on any atom is -0.383 e. The van der Waals surface area contributed by atoms with Gasteiger partial charge in [0.2, 0.25) is 0 Å². The second kappa shape index (κ2) is 8.26. The molecule has 144 valence electrons. The summed E-state index contributed by atoms with van der Waals surface area (Å²) in [7, 11) is 0. The molecule has 3 heteroatoms. The number of pyridine rings is 1. The number of benzene rings is 2. The predicted octanol–water partition coefficient (Wildman–Crippen LogP) is 4.51. The molecule has 1 aliphatic heterocycles. The van der Waals surface area contributed by atoms with Gasteiger partial charge in [0, 0.05) is 31.7 Å². The summed E-state index contributed by atoms with van der Waals surface area (Å²) in [6.45, 7) is 4.74. The molecule has 4 rings (SSSR count). The van der Waals surface area contributed by atoms with Crippen LogP contribution in [0.1, 0.15) is 41.1 Å². The van der Waals surface area contributed by atoms with Crippen molar-refractivity contribution < 1.29 is 5.11 Å². The average Bonchev–Trinajstić information content (AvgIpc) is 2.75. The third-order valence-electron chi connectivity index (χ3n) is 5.92. The maximum absolute atomic E-state index is 11.1. The van der Waals surface area contributed by atoms with Gasteiger partial charge < -0.3 is 10.0 Å². The monoisotopic (exact) mass is 372 g/mol. The van der Waals surface area contributed by atoms with Gasteiger partial charge in [-0.1, -0.05) is 66.7 Å². The number of piperidine rings is 1. The van der Waals surface area contributed by atoms with Crippen molar-refractivity contribution in [2.75, 3.05) is 19.6 Å². The van der Waals surface area contributed by atoms with Gasteiger partial charge in [-0.25, -0.2) is 0 Å². The van der Waals surface area contributed by atoms with Gasteiger partial charge in [-0.3, -0.25) is 4.98 Å². The van der Waals surface area contributed by atoms with Crippen LogP contribution in [-0.2, 0) is 5.60 Å². The van der Waals surface area contributed by atoms with Crippen LogP contribution in [0, 0.1) is 6.92 Å². The number of aliphatic hydroxyl groups is 1. The van der Waals surface area contributed by atoms with Crippen molar-refractivity contribution in [3.63, 3.8) is 0 Å². The summed E-state index contributed by atoms with van der Waals surface area (Å²) in [4.78, 5) is 6.97. The Kier molecular flexibility index (Phi) is 5.56. The highest BCUT2D eigenvalue weighted by molar-refractivity contribution is 5.33. The topological polar surface area (TPSA) is 36.4 Å². The van der Waals surface area contributed by atoms with Crippen LogP contribution in [0.15, 0.2) is 79.0 Å². The number of rotatable bonds is 5. The van der Waals surface area contributed by atoms with Crippen molar-refractivity contribution in [1.29, 1.82) is 0 Å². The quantitative estimate of drug-likeness (QED) is 0.716. The fourth-order valence-electron chi connectivity index (χ4n) is 4.14. The zero-order valence-electron chi connectivity index (χ0n) is 16.5. The van der Waals surface area contributed by atoms with E-state index in [4.69, 9.17) is 0 Å². The highest BCUT2D eigenvalue weighted by atomic mass is 16.3. The van der Waals surface area contributed by atoms with Crippen molar-refractivity contribution in [2.45, 2.75) is 31.3 Å². The number of likely N-dealkylation sites (tertiary alicyclic amines) is 1. The van der Waals surface area contributed by atoms with Crippen LogP contribution in [0.2, 0.25) is 0 Å². The molecular formula is C25H28N2O. The third kappa shape index (κ3) is 4.16. The van der Waals surface area contributed by atoms with Crippen LogP contribution in [0.25, 0.3) is 0 Å². The fourth-order valence-corrected chi connectivity index (χ4v) is 4.14. The van der Waals surface area contributed by atoms with Crippen LogP contribution in [0.5, 0.6) is 0 Å². The molecule has 2 aromatic carbocycles. The molecule has 0 amide bonds. The summed E-state index contributed by atoms with van der Waals surface area (Å²) in [5.41, 5.74) is 3.81. The molecule has 0 atom stereocenters. The first-order chi connectivity index (χ1) is 13.6. The maximum Gasteiger partial charge on any atom is 0.109 e. The number of hydrogen-bond donors (Lipinski definition) is 1. The van der Waals surface area contributed by atoms with Crippen molar-refractivity contribution >= 4 is 0 Å². The van der Waals surface area contributed by atoms with Crippen molar-refractivity contribution in [3.8, 4) is 0 Å². The normalized spacial score (nSPS) is 17.0. The van der Waals surface area contributed by atoms with E-state index in [1.54, 1.807) is 0 Å². The van der Waals surface area contributed by atoms with Crippen molar-refractivity contribution in [3.05, 3.63) is 101 Å². The Morgan fingerprint density at radius 1 is 0.893 bits per heavy atom. The molecule has 2 heterocycles. The third-order valence-corrected chi connectivity index (χ3v) is 5.92. The van der Waals surface area contributed by atoms with Crippen LogP contribution < -0.4 is 0 Å². The first kappa shape index (κ1) is 18.9.